The van der Waals surface area contributed by atoms with Gasteiger partial charge in [0.1, 0.15) is 0 Å². The van der Waals surface area contributed by atoms with Crippen LogP contribution < -0.4 is 5.32 Å². The van der Waals surface area contributed by atoms with E-state index in [2.05, 4.69) is 5.32 Å². The van der Waals surface area contributed by atoms with E-state index in [9.17, 15) is 4.79 Å². The van der Waals surface area contributed by atoms with Gasteiger partial charge in [0.05, 0.1) is 6.61 Å². The van der Waals surface area contributed by atoms with E-state index in [0.29, 0.717) is 22.3 Å². The van der Waals surface area contributed by atoms with Gasteiger partial charge in [0.25, 0.3) is 0 Å². The van der Waals surface area contributed by atoms with Gasteiger partial charge in [0.15, 0.2) is 0 Å². The van der Waals surface area contributed by atoms with Crippen molar-refractivity contribution in [2.24, 2.45) is 0 Å². The lowest BCUT2D eigenvalue weighted by molar-refractivity contribution is -0.111. The second-order valence-electron chi connectivity index (χ2n) is 4.62. The number of carbonyl (C=O) groups excluding carboxylic acids is 1. The average molecular weight is 336 g/mol. The van der Waals surface area contributed by atoms with Gasteiger partial charge in [-0.25, -0.2) is 0 Å². The number of carbonyl (C=O) groups is 1. The highest BCUT2D eigenvalue weighted by Crippen LogP contribution is 2.22. The first kappa shape index (κ1) is 16.6. The van der Waals surface area contributed by atoms with Crippen LogP contribution in [0.2, 0.25) is 10.0 Å². The second kappa shape index (κ2) is 7.99. The topological polar surface area (TPSA) is 38.3 Å². The van der Waals surface area contributed by atoms with Gasteiger partial charge >= 0.3 is 0 Å². The Morgan fingerprint density at radius 2 is 2.05 bits per heavy atom. The van der Waals surface area contributed by atoms with Gasteiger partial charge in [-0.15, -0.1) is 0 Å². The summed E-state index contributed by atoms with van der Waals surface area (Å²) >= 11 is 11.9. The van der Waals surface area contributed by atoms with E-state index in [1.807, 2.05) is 24.3 Å². The molecule has 1 amide bonds. The Morgan fingerprint density at radius 1 is 1.23 bits per heavy atom. The molecule has 0 saturated carbocycles. The van der Waals surface area contributed by atoms with Crippen LogP contribution in [0.15, 0.2) is 48.5 Å². The van der Waals surface area contributed by atoms with Crippen molar-refractivity contribution in [3.05, 3.63) is 69.7 Å². The number of ether oxygens (including phenoxy) is 1. The molecule has 0 aromatic heterocycles. The smallest absolute Gasteiger partial charge is 0.248 e. The summed E-state index contributed by atoms with van der Waals surface area (Å²) in [6, 6.07) is 12.6. The highest BCUT2D eigenvalue weighted by atomic mass is 35.5. The summed E-state index contributed by atoms with van der Waals surface area (Å²) in [7, 11) is 1.63. The van der Waals surface area contributed by atoms with Gasteiger partial charge in [-0.3, -0.25) is 4.79 Å². The van der Waals surface area contributed by atoms with E-state index in [-0.39, 0.29) is 5.91 Å². The number of benzene rings is 2. The van der Waals surface area contributed by atoms with Crippen molar-refractivity contribution in [1.82, 2.24) is 0 Å². The molecule has 0 unspecified atom stereocenters. The fourth-order valence-corrected chi connectivity index (χ4v) is 2.36. The summed E-state index contributed by atoms with van der Waals surface area (Å²) in [4.78, 5) is 11.9. The number of halogens is 2. The van der Waals surface area contributed by atoms with Crippen LogP contribution in [0.3, 0.4) is 0 Å². The summed E-state index contributed by atoms with van der Waals surface area (Å²) in [6.45, 7) is 0.500. The predicted octanol–water partition coefficient (Wildman–Crippen LogP) is 4.79. The van der Waals surface area contributed by atoms with Crippen molar-refractivity contribution in [2.75, 3.05) is 12.4 Å². The molecule has 22 heavy (non-hydrogen) atoms. The predicted molar refractivity (Wildman–Crippen MR) is 91.3 cm³/mol. The van der Waals surface area contributed by atoms with Crippen LogP contribution in [-0.4, -0.2) is 13.0 Å². The van der Waals surface area contributed by atoms with Crippen molar-refractivity contribution in [3.8, 4) is 0 Å². The Hall–Kier alpha value is -1.81. The molecule has 2 rings (SSSR count). The zero-order valence-corrected chi connectivity index (χ0v) is 13.5. The van der Waals surface area contributed by atoms with Crippen LogP contribution in [0.4, 0.5) is 5.69 Å². The van der Waals surface area contributed by atoms with Crippen molar-refractivity contribution in [3.63, 3.8) is 0 Å². The molecule has 0 atom stereocenters. The molecule has 114 valence electrons. The minimum absolute atomic E-state index is 0.236. The summed E-state index contributed by atoms with van der Waals surface area (Å²) in [5.41, 5.74) is 2.44. The van der Waals surface area contributed by atoms with E-state index in [4.69, 9.17) is 27.9 Å². The Labute approximate surface area is 139 Å². The molecule has 0 heterocycles. The van der Waals surface area contributed by atoms with Crippen molar-refractivity contribution >= 4 is 40.9 Å². The Kier molecular flexibility index (Phi) is 6.01. The minimum atomic E-state index is -0.236. The first-order valence-electron chi connectivity index (χ1n) is 6.60. The van der Waals surface area contributed by atoms with E-state index >= 15 is 0 Å². The third kappa shape index (κ3) is 4.88. The summed E-state index contributed by atoms with van der Waals surface area (Å²) in [5.74, 6) is -0.236. The summed E-state index contributed by atoms with van der Waals surface area (Å²) in [6.07, 6.45) is 3.07. The molecule has 1 N–H and O–H groups in total. The molecule has 0 saturated heterocycles. The number of hydrogen-bond acceptors (Lipinski definition) is 2. The average Bonchev–Trinajstić information content (AvgIpc) is 2.47. The monoisotopic (exact) mass is 335 g/mol. The molecule has 3 nitrogen and oxygen atoms in total. The largest absolute Gasteiger partial charge is 0.380 e. The second-order valence-corrected chi connectivity index (χ2v) is 5.47. The molecular weight excluding hydrogens is 321 g/mol. The number of rotatable bonds is 5. The fourth-order valence-electron chi connectivity index (χ4n) is 1.89. The van der Waals surface area contributed by atoms with Crippen molar-refractivity contribution in [1.29, 1.82) is 0 Å². The normalized spacial score (nSPS) is 10.9. The number of hydrogen-bond donors (Lipinski definition) is 1. The molecule has 2 aromatic carbocycles. The van der Waals surface area contributed by atoms with Gasteiger partial charge in [0, 0.05) is 28.9 Å². The summed E-state index contributed by atoms with van der Waals surface area (Å²) in [5, 5.41) is 3.85. The fraction of sp³-hybridized carbons (Fsp3) is 0.118. The quantitative estimate of drug-likeness (QED) is 0.797. The van der Waals surface area contributed by atoms with Gasteiger partial charge in [-0.1, -0.05) is 41.4 Å². The van der Waals surface area contributed by atoms with E-state index in [0.717, 1.165) is 11.1 Å². The van der Waals surface area contributed by atoms with Gasteiger partial charge in [-0.2, -0.15) is 0 Å². The molecule has 5 heteroatoms. The minimum Gasteiger partial charge on any atom is -0.380 e. The van der Waals surface area contributed by atoms with Crippen molar-refractivity contribution in [2.45, 2.75) is 6.61 Å². The standard InChI is InChI=1S/C17H15Cl2NO2/c1-22-11-12-3-2-4-15(9-12)20-17(21)8-6-13-5-7-14(18)10-16(13)19/h2-10H,11H2,1H3,(H,20,21)/b8-6+. The Bertz CT molecular complexity index is 699. The van der Waals surface area contributed by atoms with Crippen LogP contribution in [0.1, 0.15) is 11.1 Å². The van der Waals surface area contributed by atoms with E-state index in [1.54, 1.807) is 31.4 Å². The molecule has 0 aliphatic carbocycles. The highest BCUT2D eigenvalue weighted by molar-refractivity contribution is 6.35. The third-order valence-electron chi connectivity index (χ3n) is 2.88. The lowest BCUT2D eigenvalue weighted by atomic mass is 10.2. The number of nitrogens with one attached hydrogen (secondary N) is 1. The van der Waals surface area contributed by atoms with Gasteiger partial charge in [-0.05, 0) is 41.5 Å². The SMILES string of the molecule is COCc1cccc(NC(=O)/C=C/c2ccc(Cl)cc2Cl)c1. The molecule has 0 aliphatic rings. The van der Waals surface area contributed by atoms with Gasteiger partial charge in [0.2, 0.25) is 5.91 Å². The first-order chi connectivity index (χ1) is 10.6. The lowest BCUT2D eigenvalue weighted by Crippen LogP contribution is -2.08. The van der Waals surface area contributed by atoms with Crippen LogP contribution in [-0.2, 0) is 16.1 Å². The molecule has 0 radical (unpaired) electrons. The first-order valence-corrected chi connectivity index (χ1v) is 7.36. The zero-order chi connectivity index (χ0) is 15.9. The Balaban J connectivity index is 2.03. The summed E-state index contributed by atoms with van der Waals surface area (Å²) < 4.78 is 5.06. The maximum atomic E-state index is 11.9. The molecule has 0 aliphatic heterocycles. The molecular formula is C17H15Cl2NO2. The maximum absolute atomic E-state index is 11.9. The van der Waals surface area contributed by atoms with Gasteiger partial charge < -0.3 is 10.1 Å². The van der Waals surface area contributed by atoms with Crippen LogP contribution in [0.5, 0.6) is 0 Å². The maximum Gasteiger partial charge on any atom is 0.248 e. The highest BCUT2D eigenvalue weighted by Gasteiger charge is 2.01. The number of anilines is 1. The number of methoxy groups -OCH3 is 1. The van der Waals surface area contributed by atoms with Crippen LogP contribution in [0.25, 0.3) is 6.08 Å². The lowest BCUT2D eigenvalue weighted by Gasteiger charge is -2.05. The molecule has 0 bridgehead atoms. The zero-order valence-electron chi connectivity index (χ0n) is 12.0. The van der Waals surface area contributed by atoms with E-state index < -0.39 is 0 Å². The molecule has 0 spiro atoms. The van der Waals surface area contributed by atoms with E-state index in [1.165, 1.54) is 6.08 Å². The van der Waals surface area contributed by atoms with Crippen LogP contribution in [0, 0.1) is 0 Å². The third-order valence-corrected chi connectivity index (χ3v) is 3.44. The Morgan fingerprint density at radius 3 is 2.77 bits per heavy atom. The van der Waals surface area contributed by atoms with Crippen molar-refractivity contribution < 1.29 is 9.53 Å². The molecule has 0 fully saturated rings. The number of amides is 1. The van der Waals surface area contributed by atoms with Crippen LogP contribution >= 0.6 is 23.2 Å². The molecule has 2 aromatic rings.